The molecule has 1 atom stereocenters. The Balaban J connectivity index is 2.54. The van der Waals surface area contributed by atoms with E-state index in [1.165, 1.54) is 0 Å². The zero-order valence-electron chi connectivity index (χ0n) is 11.2. The van der Waals surface area contributed by atoms with Crippen LogP contribution in [0.3, 0.4) is 0 Å². The fourth-order valence-electron chi connectivity index (χ4n) is 1.33. The molecular weight excluding hydrogens is 310 g/mol. The Morgan fingerprint density at radius 2 is 2.00 bits per heavy atom. The van der Waals surface area contributed by atoms with E-state index in [1.54, 1.807) is 25.1 Å². The highest BCUT2D eigenvalue weighted by Crippen LogP contribution is 2.06. The van der Waals surface area contributed by atoms with E-state index in [4.69, 9.17) is 0 Å². The van der Waals surface area contributed by atoms with Gasteiger partial charge < -0.3 is 10.6 Å². The second-order valence-corrected chi connectivity index (χ2v) is 5.49. The first-order valence-corrected chi connectivity index (χ1v) is 6.90. The van der Waals surface area contributed by atoms with Gasteiger partial charge in [0.05, 0.1) is 0 Å². The lowest BCUT2D eigenvalue weighted by Crippen LogP contribution is -2.45. The zero-order chi connectivity index (χ0) is 14.4. The molecule has 104 valence electrons. The Bertz CT molecular complexity index is 463. The van der Waals surface area contributed by atoms with E-state index in [1.807, 2.05) is 13.8 Å². The summed E-state index contributed by atoms with van der Waals surface area (Å²) in [5.41, 5.74) is 0.276. The second kappa shape index (κ2) is 7.23. The maximum atomic E-state index is 11.9. The van der Waals surface area contributed by atoms with Crippen molar-refractivity contribution < 1.29 is 9.59 Å². The molecule has 0 fully saturated rings. The lowest BCUT2D eigenvalue weighted by atomic mass is 10.2. The monoisotopic (exact) mass is 327 g/mol. The minimum atomic E-state index is -0.591. The highest BCUT2D eigenvalue weighted by molar-refractivity contribution is 9.10. The average Bonchev–Trinajstić information content (AvgIpc) is 2.35. The number of amides is 2. The molecule has 6 heteroatoms. The molecular formula is C13H18BrN3O2. The minimum Gasteiger partial charge on any atom is -0.354 e. The van der Waals surface area contributed by atoms with Crippen LogP contribution >= 0.6 is 15.9 Å². The van der Waals surface area contributed by atoms with Gasteiger partial charge in [0.25, 0.3) is 5.91 Å². The molecule has 1 heterocycles. The SMILES string of the molecule is CC(C)CNC(=O)C(C)NC(=O)c1cccc(Br)n1. The molecule has 0 bridgehead atoms. The molecule has 5 nitrogen and oxygen atoms in total. The summed E-state index contributed by atoms with van der Waals surface area (Å²) in [5.74, 6) is -0.191. The van der Waals surface area contributed by atoms with Gasteiger partial charge in [-0.3, -0.25) is 9.59 Å². The Labute approximate surface area is 121 Å². The number of rotatable bonds is 5. The van der Waals surface area contributed by atoms with Crippen LogP contribution in [-0.4, -0.2) is 29.4 Å². The Morgan fingerprint density at radius 1 is 1.32 bits per heavy atom. The summed E-state index contributed by atoms with van der Waals surface area (Å²) in [7, 11) is 0. The van der Waals surface area contributed by atoms with Gasteiger partial charge in [0.1, 0.15) is 16.3 Å². The number of nitrogens with zero attached hydrogens (tertiary/aromatic N) is 1. The molecule has 0 radical (unpaired) electrons. The largest absolute Gasteiger partial charge is 0.354 e. The van der Waals surface area contributed by atoms with Crippen molar-refractivity contribution in [1.29, 1.82) is 0 Å². The van der Waals surface area contributed by atoms with Gasteiger partial charge in [-0.1, -0.05) is 19.9 Å². The van der Waals surface area contributed by atoms with Gasteiger partial charge in [-0.25, -0.2) is 4.98 Å². The maximum absolute atomic E-state index is 11.9. The van der Waals surface area contributed by atoms with Crippen molar-refractivity contribution in [1.82, 2.24) is 15.6 Å². The standard InChI is InChI=1S/C13H18BrN3O2/c1-8(2)7-15-12(18)9(3)16-13(19)10-5-4-6-11(14)17-10/h4-6,8-9H,7H2,1-3H3,(H,15,18)(H,16,19). The molecule has 2 amide bonds. The van der Waals surface area contributed by atoms with Crippen molar-refractivity contribution >= 4 is 27.7 Å². The van der Waals surface area contributed by atoms with Gasteiger partial charge in [0.15, 0.2) is 0 Å². The molecule has 1 aromatic heterocycles. The lowest BCUT2D eigenvalue weighted by molar-refractivity contribution is -0.122. The van der Waals surface area contributed by atoms with E-state index in [2.05, 4.69) is 31.5 Å². The van der Waals surface area contributed by atoms with Crippen molar-refractivity contribution in [3.05, 3.63) is 28.5 Å². The quantitative estimate of drug-likeness (QED) is 0.809. The highest BCUT2D eigenvalue weighted by atomic mass is 79.9. The van der Waals surface area contributed by atoms with Crippen LogP contribution in [-0.2, 0) is 4.79 Å². The van der Waals surface area contributed by atoms with E-state index in [-0.39, 0.29) is 17.5 Å². The molecule has 1 aromatic rings. The van der Waals surface area contributed by atoms with Crippen LogP contribution in [0, 0.1) is 5.92 Å². The van der Waals surface area contributed by atoms with Gasteiger partial charge in [0.2, 0.25) is 5.91 Å². The van der Waals surface area contributed by atoms with Gasteiger partial charge in [-0.05, 0) is 40.9 Å². The summed E-state index contributed by atoms with van der Waals surface area (Å²) in [6, 6.07) is 4.45. The topological polar surface area (TPSA) is 71.1 Å². The van der Waals surface area contributed by atoms with E-state index >= 15 is 0 Å². The van der Waals surface area contributed by atoms with Crippen LogP contribution in [0.2, 0.25) is 0 Å². The third-order valence-electron chi connectivity index (χ3n) is 2.37. The van der Waals surface area contributed by atoms with Crippen molar-refractivity contribution in [2.24, 2.45) is 5.92 Å². The Kier molecular flexibility index (Phi) is 5.95. The third-order valence-corrected chi connectivity index (χ3v) is 2.81. The number of hydrogen-bond acceptors (Lipinski definition) is 3. The predicted octanol–water partition coefficient (Wildman–Crippen LogP) is 1.73. The number of pyridine rings is 1. The average molecular weight is 328 g/mol. The number of halogens is 1. The fourth-order valence-corrected chi connectivity index (χ4v) is 1.67. The van der Waals surface area contributed by atoms with Crippen molar-refractivity contribution in [3.63, 3.8) is 0 Å². The van der Waals surface area contributed by atoms with Crippen LogP contribution in [0.25, 0.3) is 0 Å². The highest BCUT2D eigenvalue weighted by Gasteiger charge is 2.17. The minimum absolute atomic E-state index is 0.197. The Hall–Kier alpha value is -1.43. The molecule has 0 aromatic carbocycles. The van der Waals surface area contributed by atoms with Gasteiger partial charge in [-0.15, -0.1) is 0 Å². The van der Waals surface area contributed by atoms with E-state index < -0.39 is 6.04 Å². The molecule has 1 rings (SSSR count). The van der Waals surface area contributed by atoms with E-state index in [0.29, 0.717) is 17.1 Å². The van der Waals surface area contributed by atoms with Gasteiger partial charge in [-0.2, -0.15) is 0 Å². The van der Waals surface area contributed by atoms with Crippen LogP contribution in [0.4, 0.5) is 0 Å². The summed E-state index contributed by atoms with van der Waals surface area (Å²) in [6.45, 7) is 6.25. The normalized spacial score (nSPS) is 12.1. The third kappa shape index (κ3) is 5.38. The number of nitrogens with one attached hydrogen (secondary N) is 2. The smallest absolute Gasteiger partial charge is 0.270 e. The first kappa shape index (κ1) is 15.6. The van der Waals surface area contributed by atoms with Gasteiger partial charge >= 0.3 is 0 Å². The molecule has 2 N–H and O–H groups in total. The number of carbonyl (C=O) groups excluding carboxylic acids is 2. The van der Waals surface area contributed by atoms with Crippen molar-refractivity contribution in [2.45, 2.75) is 26.8 Å². The molecule has 0 saturated heterocycles. The van der Waals surface area contributed by atoms with Crippen molar-refractivity contribution in [3.8, 4) is 0 Å². The zero-order valence-corrected chi connectivity index (χ0v) is 12.8. The number of carbonyl (C=O) groups is 2. The first-order chi connectivity index (χ1) is 8.90. The number of hydrogen-bond donors (Lipinski definition) is 2. The lowest BCUT2D eigenvalue weighted by Gasteiger charge is -2.15. The summed E-state index contributed by atoms with van der Waals surface area (Å²) in [4.78, 5) is 27.6. The molecule has 0 aliphatic carbocycles. The first-order valence-electron chi connectivity index (χ1n) is 6.11. The molecule has 0 spiro atoms. The molecule has 0 aliphatic rings. The molecule has 19 heavy (non-hydrogen) atoms. The maximum Gasteiger partial charge on any atom is 0.270 e. The van der Waals surface area contributed by atoms with Crippen LogP contribution in [0.1, 0.15) is 31.3 Å². The summed E-state index contributed by atoms with van der Waals surface area (Å²) >= 11 is 3.20. The van der Waals surface area contributed by atoms with Crippen LogP contribution < -0.4 is 10.6 Å². The fraction of sp³-hybridized carbons (Fsp3) is 0.462. The van der Waals surface area contributed by atoms with Crippen LogP contribution in [0.15, 0.2) is 22.8 Å². The summed E-state index contributed by atoms with van der Waals surface area (Å²) in [6.07, 6.45) is 0. The van der Waals surface area contributed by atoms with E-state index in [9.17, 15) is 9.59 Å². The van der Waals surface area contributed by atoms with E-state index in [0.717, 1.165) is 0 Å². The predicted molar refractivity (Wildman–Crippen MR) is 76.7 cm³/mol. The molecule has 0 saturated carbocycles. The second-order valence-electron chi connectivity index (χ2n) is 4.68. The van der Waals surface area contributed by atoms with Gasteiger partial charge in [0, 0.05) is 6.54 Å². The Morgan fingerprint density at radius 3 is 2.58 bits per heavy atom. The van der Waals surface area contributed by atoms with Crippen molar-refractivity contribution in [2.75, 3.05) is 6.54 Å². The summed E-state index contributed by atoms with van der Waals surface area (Å²) < 4.78 is 0.581. The summed E-state index contributed by atoms with van der Waals surface area (Å²) in [5, 5.41) is 5.38. The number of aromatic nitrogens is 1. The van der Waals surface area contributed by atoms with Crippen LogP contribution in [0.5, 0.6) is 0 Å². The molecule has 1 unspecified atom stereocenters. The molecule has 0 aliphatic heterocycles.